The molecular weight excluding hydrogens is 397 g/mol. The van der Waals surface area contributed by atoms with E-state index in [0.717, 1.165) is 0 Å². The Labute approximate surface area is 171 Å². The minimum Gasteiger partial charge on any atom is -0.483 e. The van der Waals surface area contributed by atoms with E-state index >= 15 is 0 Å². The first kappa shape index (κ1) is 21.2. The highest BCUT2D eigenvalue weighted by atomic mass is 19.4. The van der Waals surface area contributed by atoms with Crippen LogP contribution in [-0.4, -0.2) is 23.7 Å². The van der Waals surface area contributed by atoms with E-state index in [-0.39, 0.29) is 11.7 Å². The number of carbonyl (C=O) groups is 1. The smallest absolute Gasteiger partial charge is 0.422 e. The summed E-state index contributed by atoms with van der Waals surface area (Å²) in [4.78, 5) is 16.5. The first-order chi connectivity index (χ1) is 14.3. The quantitative estimate of drug-likeness (QED) is 0.567. The van der Waals surface area contributed by atoms with E-state index in [1.54, 1.807) is 31.2 Å². The molecule has 0 bridgehead atoms. The van der Waals surface area contributed by atoms with Crippen molar-refractivity contribution in [3.05, 3.63) is 84.2 Å². The van der Waals surface area contributed by atoms with Gasteiger partial charge in [0.1, 0.15) is 17.2 Å². The third-order valence-corrected chi connectivity index (χ3v) is 4.05. The molecule has 2 aromatic carbocycles. The number of rotatable bonds is 7. The van der Waals surface area contributed by atoms with Crippen molar-refractivity contribution in [2.24, 2.45) is 0 Å². The molecule has 1 aromatic heterocycles. The highest BCUT2D eigenvalue weighted by molar-refractivity contribution is 5.94. The number of hydrogen-bond donors (Lipinski definition) is 1. The van der Waals surface area contributed by atoms with Crippen LogP contribution in [0.3, 0.4) is 0 Å². The van der Waals surface area contributed by atoms with Crippen LogP contribution in [0.2, 0.25) is 0 Å². The molecule has 0 spiro atoms. The van der Waals surface area contributed by atoms with Crippen LogP contribution < -0.4 is 14.8 Å². The minimum atomic E-state index is -4.42. The molecule has 0 saturated carbocycles. The fourth-order valence-corrected chi connectivity index (χ4v) is 2.55. The van der Waals surface area contributed by atoms with Crippen LogP contribution in [0.4, 0.5) is 13.2 Å². The lowest BCUT2D eigenvalue weighted by Crippen LogP contribution is -2.27. The topological polar surface area (TPSA) is 60.5 Å². The summed E-state index contributed by atoms with van der Waals surface area (Å²) in [5.74, 6) is 0.982. The summed E-state index contributed by atoms with van der Waals surface area (Å²) in [6, 6.07) is 18.4. The molecule has 0 unspecified atom stereocenters. The number of hydrogen-bond acceptors (Lipinski definition) is 4. The van der Waals surface area contributed by atoms with Crippen LogP contribution in [0.15, 0.2) is 72.9 Å². The van der Waals surface area contributed by atoms with Gasteiger partial charge in [0, 0.05) is 5.56 Å². The van der Waals surface area contributed by atoms with Crippen molar-refractivity contribution in [2.45, 2.75) is 19.1 Å². The Morgan fingerprint density at radius 1 is 0.967 bits per heavy atom. The van der Waals surface area contributed by atoms with Gasteiger partial charge in [-0.15, -0.1) is 0 Å². The molecule has 0 aliphatic heterocycles. The molecule has 1 atom stereocenters. The van der Waals surface area contributed by atoms with Crippen LogP contribution in [-0.2, 0) is 0 Å². The zero-order valence-corrected chi connectivity index (χ0v) is 16.0. The molecule has 5 nitrogen and oxygen atoms in total. The Morgan fingerprint density at radius 2 is 1.60 bits per heavy atom. The van der Waals surface area contributed by atoms with Crippen molar-refractivity contribution in [3.8, 4) is 17.2 Å². The number of para-hydroxylation sites is 1. The molecule has 3 rings (SSSR count). The molecule has 3 aromatic rings. The van der Waals surface area contributed by atoms with E-state index in [4.69, 9.17) is 4.74 Å². The number of benzene rings is 2. The maximum Gasteiger partial charge on any atom is 0.422 e. The number of amides is 1. The molecule has 156 valence electrons. The number of alkyl halides is 3. The number of pyridine rings is 1. The van der Waals surface area contributed by atoms with Gasteiger partial charge in [0.25, 0.3) is 5.91 Å². The van der Waals surface area contributed by atoms with Gasteiger partial charge >= 0.3 is 6.18 Å². The van der Waals surface area contributed by atoms with Crippen LogP contribution in [0, 0.1) is 0 Å². The van der Waals surface area contributed by atoms with Crippen molar-refractivity contribution in [3.63, 3.8) is 0 Å². The maximum absolute atomic E-state index is 12.4. The van der Waals surface area contributed by atoms with Crippen molar-refractivity contribution < 1.29 is 27.4 Å². The molecule has 0 radical (unpaired) electrons. The second-order valence-electron chi connectivity index (χ2n) is 6.46. The predicted octanol–water partition coefficient (Wildman–Crippen LogP) is 5.31. The van der Waals surface area contributed by atoms with Crippen LogP contribution in [0.5, 0.6) is 17.2 Å². The number of halogens is 3. The van der Waals surface area contributed by atoms with Crippen LogP contribution >= 0.6 is 0 Å². The molecular formula is C22H19F3N2O3. The molecule has 0 aliphatic rings. The summed E-state index contributed by atoms with van der Waals surface area (Å²) in [7, 11) is 0. The van der Waals surface area contributed by atoms with Crippen LogP contribution in [0.1, 0.15) is 29.0 Å². The molecule has 0 fully saturated rings. The Morgan fingerprint density at radius 3 is 2.20 bits per heavy atom. The Balaban J connectivity index is 1.56. The van der Waals surface area contributed by atoms with Crippen molar-refractivity contribution in [1.29, 1.82) is 0 Å². The molecule has 30 heavy (non-hydrogen) atoms. The molecule has 0 saturated heterocycles. The number of nitrogens with one attached hydrogen (secondary N) is 1. The Kier molecular flexibility index (Phi) is 6.56. The van der Waals surface area contributed by atoms with Gasteiger partial charge in [0.15, 0.2) is 6.61 Å². The fourth-order valence-electron chi connectivity index (χ4n) is 2.55. The van der Waals surface area contributed by atoms with E-state index in [0.29, 0.717) is 22.8 Å². The predicted molar refractivity (Wildman–Crippen MR) is 105 cm³/mol. The molecule has 1 amide bonds. The Bertz CT molecular complexity index is 960. The monoisotopic (exact) mass is 416 g/mol. The summed E-state index contributed by atoms with van der Waals surface area (Å²) >= 11 is 0. The largest absolute Gasteiger partial charge is 0.483 e. The summed E-state index contributed by atoms with van der Waals surface area (Å²) < 4.78 is 46.9. The first-order valence-electron chi connectivity index (χ1n) is 9.09. The Hall–Kier alpha value is -3.55. The van der Waals surface area contributed by atoms with Gasteiger partial charge in [-0.25, -0.2) is 0 Å². The van der Waals surface area contributed by atoms with E-state index in [1.165, 1.54) is 18.3 Å². The van der Waals surface area contributed by atoms with Gasteiger partial charge in [0.05, 0.1) is 17.9 Å². The van der Waals surface area contributed by atoms with Gasteiger partial charge in [-0.05, 0) is 55.5 Å². The fraction of sp³-hybridized carbons (Fsp3) is 0.182. The first-order valence-corrected chi connectivity index (χ1v) is 9.09. The number of carbonyl (C=O) groups excluding carboxylic acids is 1. The van der Waals surface area contributed by atoms with Gasteiger partial charge in [-0.2, -0.15) is 13.2 Å². The normalized spacial score (nSPS) is 12.1. The maximum atomic E-state index is 12.4. The third kappa shape index (κ3) is 6.23. The van der Waals surface area contributed by atoms with E-state index in [1.807, 2.05) is 30.3 Å². The minimum absolute atomic E-state index is 0.00334. The standard InChI is InChI=1S/C22H19F3N2O3/c1-15(20-12-11-19(13-26-20)29-14-22(23,24)25)27-21(28)16-7-9-18(10-8-16)30-17-5-3-2-4-6-17/h2-13,15H,14H2,1H3,(H,27,28)/t15-/m1/s1. The molecule has 8 heteroatoms. The van der Waals surface area contributed by atoms with Crippen molar-refractivity contribution in [1.82, 2.24) is 10.3 Å². The summed E-state index contributed by atoms with van der Waals surface area (Å²) in [5.41, 5.74) is 0.930. The van der Waals surface area contributed by atoms with Gasteiger partial charge in [-0.3, -0.25) is 9.78 Å². The lowest BCUT2D eigenvalue weighted by molar-refractivity contribution is -0.153. The zero-order chi connectivity index (χ0) is 21.6. The molecule has 1 N–H and O–H groups in total. The van der Waals surface area contributed by atoms with Crippen LogP contribution in [0.25, 0.3) is 0 Å². The highest BCUT2D eigenvalue weighted by Gasteiger charge is 2.28. The summed E-state index contributed by atoms with van der Waals surface area (Å²) in [5, 5.41) is 2.79. The average molecular weight is 416 g/mol. The third-order valence-electron chi connectivity index (χ3n) is 4.05. The van der Waals surface area contributed by atoms with Gasteiger partial charge in [0.2, 0.25) is 0 Å². The van der Waals surface area contributed by atoms with Gasteiger partial charge in [-0.1, -0.05) is 18.2 Å². The second kappa shape index (κ2) is 9.30. The van der Waals surface area contributed by atoms with E-state index < -0.39 is 18.8 Å². The van der Waals surface area contributed by atoms with Crippen molar-refractivity contribution >= 4 is 5.91 Å². The summed E-state index contributed by atoms with van der Waals surface area (Å²) in [6.45, 7) is 0.341. The van der Waals surface area contributed by atoms with E-state index in [2.05, 4.69) is 15.0 Å². The van der Waals surface area contributed by atoms with E-state index in [9.17, 15) is 18.0 Å². The lowest BCUT2D eigenvalue weighted by atomic mass is 10.1. The summed E-state index contributed by atoms with van der Waals surface area (Å²) in [6.07, 6.45) is -3.22. The average Bonchev–Trinajstić information content (AvgIpc) is 2.73. The van der Waals surface area contributed by atoms with Crippen molar-refractivity contribution in [2.75, 3.05) is 6.61 Å². The van der Waals surface area contributed by atoms with Gasteiger partial charge < -0.3 is 14.8 Å². The number of aromatic nitrogens is 1. The highest BCUT2D eigenvalue weighted by Crippen LogP contribution is 2.22. The molecule has 1 heterocycles. The number of nitrogens with zero attached hydrogens (tertiary/aromatic N) is 1. The second-order valence-corrected chi connectivity index (χ2v) is 6.46. The zero-order valence-electron chi connectivity index (χ0n) is 16.0. The number of ether oxygens (including phenoxy) is 2. The lowest BCUT2D eigenvalue weighted by Gasteiger charge is -2.15. The SMILES string of the molecule is C[C@@H](NC(=O)c1ccc(Oc2ccccc2)cc1)c1ccc(OCC(F)(F)F)cn1. The molecule has 0 aliphatic carbocycles.